The van der Waals surface area contributed by atoms with Gasteiger partial charge in [0.1, 0.15) is 11.5 Å². The van der Waals surface area contributed by atoms with E-state index in [0.29, 0.717) is 35.9 Å². The van der Waals surface area contributed by atoms with Crippen LogP contribution >= 0.6 is 11.3 Å². The van der Waals surface area contributed by atoms with E-state index in [2.05, 4.69) is 10.5 Å². The molecular formula is C21H21N3O4S. The number of hydrogen-bond acceptors (Lipinski definition) is 6. The Morgan fingerprint density at radius 2 is 2.14 bits per heavy atom. The lowest BCUT2D eigenvalue weighted by Crippen LogP contribution is -2.44. The Morgan fingerprint density at radius 3 is 2.83 bits per heavy atom. The summed E-state index contributed by atoms with van der Waals surface area (Å²) >= 11 is 1.54. The molecule has 2 amide bonds. The smallest absolute Gasteiger partial charge is 0.268 e. The van der Waals surface area contributed by atoms with Crippen LogP contribution in [0.5, 0.6) is 5.75 Å². The van der Waals surface area contributed by atoms with Crippen molar-refractivity contribution < 1.29 is 18.8 Å². The minimum absolute atomic E-state index is 0.110. The molecule has 7 nitrogen and oxygen atoms in total. The highest BCUT2D eigenvalue weighted by Crippen LogP contribution is 2.37. The van der Waals surface area contributed by atoms with Gasteiger partial charge in [-0.2, -0.15) is 0 Å². The molecule has 4 rings (SSSR count). The lowest BCUT2D eigenvalue weighted by Gasteiger charge is -2.33. The van der Waals surface area contributed by atoms with E-state index in [1.807, 2.05) is 31.4 Å². The third-order valence-electron chi connectivity index (χ3n) is 4.86. The summed E-state index contributed by atoms with van der Waals surface area (Å²) in [5.41, 5.74) is 2.84. The summed E-state index contributed by atoms with van der Waals surface area (Å²) in [7, 11) is 0. The van der Waals surface area contributed by atoms with Crippen molar-refractivity contribution in [3.63, 3.8) is 0 Å². The first kappa shape index (κ1) is 19.2. The van der Waals surface area contributed by atoms with Gasteiger partial charge in [-0.15, -0.1) is 11.3 Å². The third kappa shape index (κ3) is 3.88. The van der Waals surface area contributed by atoms with Crippen LogP contribution in [0.4, 0.5) is 11.4 Å². The number of thiophene rings is 1. The summed E-state index contributed by atoms with van der Waals surface area (Å²) in [5.74, 6) is 1.01. The number of carbonyl (C=O) groups excluding carboxylic acids is 2. The topological polar surface area (TPSA) is 84.7 Å². The second-order valence-corrected chi connectivity index (χ2v) is 8.01. The second kappa shape index (κ2) is 7.71. The predicted molar refractivity (Wildman–Crippen MR) is 110 cm³/mol. The average molecular weight is 411 g/mol. The lowest BCUT2D eigenvalue weighted by molar-refractivity contribution is -0.125. The molecule has 8 heteroatoms. The molecule has 1 N–H and O–H groups in total. The average Bonchev–Trinajstić information content (AvgIpc) is 3.30. The Morgan fingerprint density at radius 1 is 1.31 bits per heavy atom. The number of hydrogen-bond donors (Lipinski definition) is 1. The first-order valence-corrected chi connectivity index (χ1v) is 10.2. The van der Waals surface area contributed by atoms with Crippen LogP contribution in [0.2, 0.25) is 0 Å². The highest BCUT2D eigenvalue weighted by molar-refractivity contribution is 7.10. The van der Waals surface area contributed by atoms with Gasteiger partial charge in [0.15, 0.2) is 6.10 Å². The molecule has 1 atom stereocenters. The second-order valence-electron chi connectivity index (χ2n) is 6.97. The van der Waals surface area contributed by atoms with E-state index in [1.165, 1.54) is 0 Å². The molecule has 0 saturated carbocycles. The Bertz CT molecular complexity index is 1040. The van der Waals surface area contributed by atoms with E-state index in [4.69, 9.17) is 9.26 Å². The quantitative estimate of drug-likeness (QED) is 0.689. The van der Waals surface area contributed by atoms with Gasteiger partial charge in [0.05, 0.1) is 24.3 Å². The molecule has 3 heterocycles. The van der Waals surface area contributed by atoms with Gasteiger partial charge in [-0.25, -0.2) is 0 Å². The molecule has 0 fully saturated rings. The number of aromatic nitrogens is 1. The van der Waals surface area contributed by atoms with E-state index >= 15 is 0 Å². The fourth-order valence-corrected chi connectivity index (χ4v) is 4.01. The summed E-state index contributed by atoms with van der Waals surface area (Å²) < 4.78 is 11.0. The predicted octanol–water partition coefficient (Wildman–Crippen LogP) is 3.85. The zero-order valence-corrected chi connectivity index (χ0v) is 17.2. The van der Waals surface area contributed by atoms with Gasteiger partial charge in [-0.3, -0.25) is 9.59 Å². The van der Waals surface area contributed by atoms with Gasteiger partial charge in [0, 0.05) is 16.1 Å². The van der Waals surface area contributed by atoms with E-state index in [-0.39, 0.29) is 11.8 Å². The van der Waals surface area contributed by atoms with Crippen LogP contribution < -0.4 is 15.0 Å². The molecule has 0 aliphatic carbocycles. The number of amides is 2. The van der Waals surface area contributed by atoms with Crippen LogP contribution in [0.15, 0.2) is 40.2 Å². The molecular weight excluding hydrogens is 390 g/mol. The van der Waals surface area contributed by atoms with Crippen LogP contribution in [-0.4, -0.2) is 23.1 Å². The van der Waals surface area contributed by atoms with Gasteiger partial charge >= 0.3 is 0 Å². The van der Waals surface area contributed by atoms with Gasteiger partial charge in [-0.1, -0.05) is 11.2 Å². The molecule has 1 unspecified atom stereocenters. The molecule has 3 aromatic rings. The number of benzene rings is 1. The Labute approximate surface area is 172 Å². The van der Waals surface area contributed by atoms with Crippen molar-refractivity contribution >= 4 is 34.5 Å². The number of anilines is 2. The third-order valence-corrected chi connectivity index (χ3v) is 5.74. The van der Waals surface area contributed by atoms with Gasteiger partial charge in [0.25, 0.3) is 5.91 Å². The van der Waals surface area contributed by atoms with E-state index in [1.54, 1.807) is 41.4 Å². The number of nitrogens with zero attached hydrogens (tertiary/aromatic N) is 2. The summed E-state index contributed by atoms with van der Waals surface area (Å²) in [6.45, 7) is 5.73. The fraction of sp³-hybridized carbons (Fsp3) is 0.286. The van der Waals surface area contributed by atoms with Crippen molar-refractivity contribution in [2.45, 2.75) is 39.8 Å². The monoisotopic (exact) mass is 411 g/mol. The number of fused-ring (bicyclic) bond motifs is 1. The first-order valence-electron chi connectivity index (χ1n) is 9.28. The number of ether oxygens (including phenoxy) is 1. The van der Waals surface area contributed by atoms with Crippen LogP contribution in [0.25, 0.3) is 0 Å². The van der Waals surface area contributed by atoms with E-state index < -0.39 is 6.10 Å². The van der Waals surface area contributed by atoms with Crippen LogP contribution in [0.1, 0.15) is 28.8 Å². The van der Waals surface area contributed by atoms with Crippen LogP contribution in [0.3, 0.4) is 0 Å². The maximum absolute atomic E-state index is 12.8. The van der Waals surface area contributed by atoms with Crippen LogP contribution in [0, 0.1) is 13.8 Å². The molecule has 0 bridgehead atoms. The molecule has 1 aliphatic rings. The molecule has 29 heavy (non-hydrogen) atoms. The molecule has 1 aromatic carbocycles. The van der Waals surface area contributed by atoms with Crippen molar-refractivity contribution in [1.29, 1.82) is 0 Å². The van der Waals surface area contributed by atoms with E-state index in [9.17, 15) is 9.59 Å². The Kier molecular flexibility index (Phi) is 5.10. The number of nitrogens with one attached hydrogen (secondary N) is 1. The molecule has 0 spiro atoms. The van der Waals surface area contributed by atoms with Gasteiger partial charge in [-0.05, 0) is 50.4 Å². The standard InChI is InChI=1S/C21H21N3O4S/c1-12-17(13(2)28-23-12)11-24-18-9-15(6-7-19(18)27-14(3)21(24)26)22-20(25)10-16-5-4-8-29-16/h4-9,14H,10-11H2,1-3H3,(H,22,25). The van der Waals surface area contributed by atoms with Gasteiger partial charge < -0.3 is 19.5 Å². The lowest BCUT2D eigenvalue weighted by atomic mass is 10.1. The van der Waals surface area contributed by atoms with Crippen molar-refractivity contribution in [2.75, 3.05) is 10.2 Å². The SMILES string of the molecule is Cc1noc(C)c1CN1C(=O)C(C)Oc2ccc(NC(=O)Cc3cccs3)cc21. The zero-order chi connectivity index (χ0) is 20.5. The Hall–Kier alpha value is -3.13. The largest absolute Gasteiger partial charge is 0.479 e. The highest BCUT2D eigenvalue weighted by Gasteiger charge is 2.33. The van der Waals surface area contributed by atoms with Crippen molar-refractivity contribution in [3.8, 4) is 5.75 Å². The molecule has 0 radical (unpaired) electrons. The van der Waals surface area contributed by atoms with E-state index in [0.717, 1.165) is 16.1 Å². The summed E-state index contributed by atoms with van der Waals surface area (Å²) in [6, 6.07) is 9.17. The number of rotatable bonds is 5. The molecule has 1 aliphatic heterocycles. The summed E-state index contributed by atoms with van der Waals surface area (Å²) in [5, 5.41) is 8.82. The molecule has 2 aromatic heterocycles. The van der Waals surface area contributed by atoms with Crippen molar-refractivity contribution in [2.24, 2.45) is 0 Å². The number of aryl methyl sites for hydroxylation is 2. The maximum Gasteiger partial charge on any atom is 0.268 e. The molecule has 150 valence electrons. The summed E-state index contributed by atoms with van der Waals surface area (Å²) in [4.78, 5) is 27.9. The zero-order valence-electron chi connectivity index (χ0n) is 16.4. The maximum atomic E-state index is 12.8. The Balaban J connectivity index is 1.61. The normalized spacial score (nSPS) is 15.8. The first-order chi connectivity index (χ1) is 13.9. The minimum atomic E-state index is -0.595. The number of carbonyl (C=O) groups is 2. The minimum Gasteiger partial charge on any atom is -0.479 e. The van der Waals surface area contributed by atoms with Crippen molar-refractivity contribution in [3.05, 3.63) is 57.6 Å². The summed E-state index contributed by atoms with van der Waals surface area (Å²) in [6.07, 6.45) is -0.286. The van der Waals surface area contributed by atoms with Crippen LogP contribution in [-0.2, 0) is 22.6 Å². The molecule has 0 saturated heterocycles. The fourth-order valence-electron chi connectivity index (χ4n) is 3.31. The highest BCUT2D eigenvalue weighted by atomic mass is 32.1. The van der Waals surface area contributed by atoms with Gasteiger partial charge in [0.2, 0.25) is 5.91 Å². The van der Waals surface area contributed by atoms with Crippen molar-refractivity contribution in [1.82, 2.24) is 5.16 Å².